The van der Waals surface area contributed by atoms with Gasteiger partial charge in [0, 0.05) is 40.9 Å². The van der Waals surface area contributed by atoms with E-state index in [2.05, 4.69) is 30.6 Å². The van der Waals surface area contributed by atoms with Crippen LogP contribution in [0.15, 0.2) is 23.0 Å². The molecular formula is C24H38N4O4Si. The number of piperazine rings is 1. The molecule has 0 aliphatic carbocycles. The van der Waals surface area contributed by atoms with E-state index in [1.54, 1.807) is 9.13 Å². The topological polar surface area (TPSA) is 68.9 Å². The van der Waals surface area contributed by atoms with Crippen LogP contribution in [0.1, 0.15) is 27.2 Å². The molecule has 4 rings (SSSR count). The van der Waals surface area contributed by atoms with E-state index >= 15 is 0 Å². The monoisotopic (exact) mass is 474 g/mol. The van der Waals surface area contributed by atoms with Crippen LogP contribution in [0, 0.1) is 0 Å². The molecule has 182 valence electrons. The number of benzene rings is 1. The molecule has 2 fully saturated rings. The van der Waals surface area contributed by atoms with Gasteiger partial charge in [-0.25, -0.2) is 9.59 Å². The fraction of sp³-hybridized carbons (Fsp3) is 0.667. The molecule has 2 atom stereocenters. The Balaban J connectivity index is 1.54. The number of anilines is 1. The summed E-state index contributed by atoms with van der Waals surface area (Å²) in [7, 11) is 0.647. The maximum Gasteiger partial charge on any atom is 0.410 e. The molecule has 0 saturated carbocycles. The van der Waals surface area contributed by atoms with Gasteiger partial charge >= 0.3 is 11.8 Å². The molecule has 2 bridgehead atoms. The van der Waals surface area contributed by atoms with Gasteiger partial charge in [-0.1, -0.05) is 25.7 Å². The van der Waals surface area contributed by atoms with Crippen molar-refractivity contribution in [3.63, 3.8) is 0 Å². The van der Waals surface area contributed by atoms with E-state index in [-0.39, 0.29) is 30.6 Å². The minimum atomic E-state index is -1.18. The number of hydrogen-bond acceptors (Lipinski definition) is 5. The Morgan fingerprint density at radius 3 is 2.48 bits per heavy atom. The summed E-state index contributed by atoms with van der Waals surface area (Å²) >= 11 is 0. The molecule has 2 aromatic rings. The Bertz CT molecular complexity index is 1090. The Morgan fingerprint density at radius 1 is 1.15 bits per heavy atom. The van der Waals surface area contributed by atoms with Gasteiger partial charge < -0.3 is 19.3 Å². The van der Waals surface area contributed by atoms with Crippen LogP contribution in [0.4, 0.5) is 10.5 Å². The van der Waals surface area contributed by atoms with Gasteiger partial charge in [0.05, 0.1) is 22.8 Å². The van der Waals surface area contributed by atoms with Crippen molar-refractivity contribution >= 4 is 30.9 Å². The number of rotatable bonds is 6. The van der Waals surface area contributed by atoms with Crippen molar-refractivity contribution in [1.29, 1.82) is 0 Å². The Morgan fingerprint density at radius 2 is 1.88 bits per heavy atom. The highest BCUT2D eigenvalue weighted by atomic mass is 28.3. The van der Waals surface area contributed by atoms with Crippen LogP contribution < -0.4 is 10.6 Å². The van der Waals surface area contributed by atoms with E-state index in [1.165, 1.54) is 0 Å². The Labute approximate surface area is 197 Å². The summed E-state index contributed by atoms with van der Waals surface area (Å²) in [6.45, 7) is 15.0. The van der Waals surface area contributed by atoms with Gasteiger partial charge in [0.2, 0.25) is 0 Å². The van der Waals surface area contributed by atoms with E-state index in [9.17, 15) is 9.59 Å². The van der Waals surface area contributed by atoms with Crippen LogP contribution >= 0.6 is 0 Å². The number of fused-ring (bicyclic) bond motifs is 3. The van der Waals surface area contributed by atoms with Crippen molar-refractivity contribution in [2.45, 2.75) is 77.3 Å². The molecule has 33 heavy (non-hydrogen) atoms. The molecule has 3 heterocycles. The largest absolute Gasteiger partial charge is 0.444 e. The zero-order valence-electron chi connectivity index (χ0n) is 21.1. The number of carbonyl (C=O) groups excluding carboxylic acids is 1. The Hall–Kier alpha value is -2.26. The van der Waals surface area contributed by atoms with E-state index < -0.39 is 13.7 Å². The molecule has 9 heteroatoms. The van der Waals surface area contributed by atoms with Crippen molar-refractivity contribution in [3.8, 4) is 0 Å². The van der Waals surface area contributed by atoms with Gasteiger partial charge in [-0.2, -0.15) is 0 Å². The highest BCUT2D eigenvalue weighted by molar-refractivity contribution is 6.76. The number of likely N-dealkylation sites (tertiary alicyclic amines) is 1. The fourth-order valence-corrected chi connectivity index (χ4v) is 5.61. The van der Waals surface area contributed by atoms with Crippen molar-refractivity contribution in [2.24, 2.45) is 7.05 Å². The molecule has 0 radical (unpaired) electrons. The van der Waals surface area contributed by atoms with Gasteiger partial charge in [-0.15, -0.1) is 0 Å². The SMILES string of the molecule is Cn1c(=O)n(COCC[Si](C)(C)C)c2cccc(N3C[C@H]4C[C@@H]3CN4C(=O)OC(C)(C)C)c21. The van der Waals surface area contributed by atoms with Crippen molar-refractivity contribution in [2.75, 3.05) is 24.6 Å². The molecule has 1 aromatic carbocycles. The van der Waals surface area contributed by atoms with Gasteiger partial charge in [0.1, 0.15) is 12.3 Å². The van der Waals surface area contributed by atoms with E-state index in [0.717, 1.165) is 35.7 Å². The predicted octanol–water partition coefficient (Wildman–Crippen LogP) is 3.85. The van der Waals surface area contributed by atoms with Gasteiger partial charge in [-0.05, 0) is 45.4 Å². The number of imidazole rings is 1. The lowest BCUT2D eigenvalue weighted by molar-refractivity contribution is 0.0215. The van der Waals surface area contributed by atoms with Gasteiger partial charge in [-0.3, -0.25) is 9.13 Å². The first-order valence-electron chi connectivity index (χ1n) is 11.9. The van der Waals surface area contributed by atoms with Crippen LogP contribution in [0.25, 0.3) is 11.0 Å². The van der Waals surface area contributed by atoms with Gasteiger partial charge in [0.15, 0.2) is 0 Å². The fourth-order valence-electron chi connectivity index (χ4n) is 4.86. The van der Waals surface area contributed by atoms with Crippen LogP contribution in [0.5, 0.6) is 0 Å². The van der Waals surface area contributed by atoms with Crippen LogP contribution in [0.2, 0.25) is 25.7 Å². The Kier molecular flexibility index (Phi) is 6.15. The maximum atomic E-state index is 13.0. The van der Waals surface area contributed by atoms with Gasteiger partial charge in [0.25, 0.3) is 0 Å². The minimum absolute atomic E-state index is 0.0646. The summed E-state index contributed by atoms with van der Waals surface area (Å²) in [5.74, 6) is 0. The van der Waals surface area contributed by atoms with E-state index in [1.807, 2.05) is 44.9 Å². The number of ether oxygens (including phenoxy) is 2. The average molecular weight is 475 g/mol. The van der Waals surface area contributed by atoms with Crippen molar-refractivity contribution in [1.82, 2.24) is 14.0 Å². The summed E-state index contributed by atoms with van der Waals surface area (Å²) < 4.78 is 15.0. The molecule has 0 spiro atoms. The maximum absolute atomic E-state index is 13.0. The standard InChI is InChI=1S/C24H38N4O4Si/c1-24(2,3)32-23(30)27-15-17-13-18(27)14-26(17)19-9-8-10-20-21(19)25(4)22(29)28(20)16-31-11-12-33(5,6)7/h8-10,17-18H,11-16H2,1-7H3/t17-,18-/m1/s1. The summed E-state index contributed by atoms with van der Waals surface area (Å²) in [4.78, 5) is 29.9. The second-order valence-corrected chi connectivity index (χ2v) is 17.2. The quantitative estimate of drug-likeness (QED) is 0.470. The van der Waals surface area contributed by atoms with E-state index in [4.69, 9.17) is 9.47 Å². The number of aryl methyl sites for hydroxylation is 1. The minimum Gasteiger partial charge on any atom is -0.444 e. The lowest BCUT2D eigenvalue weighted by atomic mass is 10.2. The van der Waals surface area contributed by atoms with Crippen molar-refractivity contribution < 1.29 is 14.3 Å². The molecule has 2 aliphatic rings. The number of hydrogen-bond donors (Lipinski definition) is 0. The molecule has 2 saturated heterocycles. The highest BCUT2D eigenvalue weighted by Gasteiger charge is 2.47. The summed E-state index contributed by atoms with van der Waals surface area (Å²) in [5.41, 5.74) is 2.30. The second-order valence-electron chi connectivity index (χ2n) is 11.6. The number of para-hydroxylation sites is 1. The zero-order valence-corrected chi connectivity index (χ0v) is 22.1. The molecule has 2 aliphatic heterocycles. The smallest absolute Gasteiger partial charge is 0.410 e. The normalized spacial score (nSPS) is 20.8. The van der Waals surface area contributed by atoms with Crippen LogP contribution in [0.3, 0.4) is 0 Å². The summed E-state index contributed by atoms with van der Waals surface area (Å²) in [6, 6.07) is 7.50. The second kappa shape index (κ2) is 8.50. The first kappa shape index (κ1) is 23.9. The third-order valence-corrected chi connectivity index (χ3v) is 8.24. The third-order valence-electron chi connectivity index (χ3n) is 6.53. The number of carbonyl (C=O) groups is 1. The first-order valence-corrected chi connectivity index (χ1v) is 15.6. The molecular weight excluding hydrogens is 436 g/mol. The molecule has 0 unspecified atom stereocenters. The summed E-state index contributed by atoms with van der Waals surface area (Å²) in [5, 5.41) is 0. The third kappa shape index (κ3) is 4.84. The number of nitrogens with zero attached hydrogens (tertiary/aromatic N) is 4. The average Bonchev–Trinajstić information content (AvgIpc) is 3.37. The van der Waals surface area contributed by atoms with Crippen molar-refractivity contribution in [3.05, 3.63) is 28.7 Å². The molecule has 1 aromatic heterocycles. The molecule has 1 amide bonds. The number of amides is 1. The predicted molar refractivity (Wildman–Crippen MR) is 134 cm³/mol. The zero-order chi connectivity index (χ0) is 24.1. The van der Waals surface area contributed by atoms with E-state index in [0.29, 0.717) is 13.2 Å². The highest BCUT2D eigenvalue weighted by Crippen LogP contribution is 2.38. The summed E-state index contributed by atoms with van der Waals surface area (Å²) in [6.07, 6.45) is 0.686. The number of aromatic nitrogens is 2. The first-order chi connectivity index (χ1) is 15.4. The lowest BCUT2D eigenvalue weighted by Crippen LogP contribution is -2.50. The van der Waals surface area contributed by atoms with Crippen LogP contribution in [-0.4, -0.2) is 65.6 Å². The molecule has 8 nitrogen and oxygen atoms in total. The lowest BCUT2D eigenvalue weighted by Gasteiger charge is -2.36. The van der Waals surface area contributed by atoms with Crippen LogP contribution in [-0.2, 0) is 23.3 Å². The molecule has 0 N–H and O–H groups in total.